The van der Waals surface area contributed by atoms with Gasteiger partial charge in [0.25, 0.3) is 22.0 Å². The number of imide groups is 1. The van der Waals surface area contributed by atoms with Crippen molar-refractivity contribution < 1.29 is 31.2 Å². The molecule has 0 bridgehead atoms. The molecule has 1 fully saturated rings. The minimum absolute atomic E-state index is 0.209. The molecule has 208 valence electrons. The van der Waals surface area contributed by atoms with Crippen LogP contribution >= 0.6 is 0 Å². The van der Waals surface area contributed by atoms with E-state index < -0.39 is 39.3 Å². The zero-order valence-electron chi connectivity index (χ0n) is 21.7. The Morgan fingerprint density at radius 3 is 2.21 bits per heavy atom. The second-order valence-electron chi connectivity index (χ2n) is 9.58. The number of nitrogens with zero attached hydrogens (tertiary/aromatic N) is 5. The predicted molar refractivity (Wildman–Crippen MR) is 135 cm³/mol. The minimum Gasteiger partial charge on any atom is -0.301 e. The van der Waals surface area contributed by atoms with E-state index in [1.807, 2.05) is 0 Å². The van der Waals surface area contributed by atoms with E-state index in [1.165, 1.54) is 41.8 Å². The summed E-state index contributed by atoms with van der Waals surface area (Å²) in [4.78, 5) is 28.6. The maximum atomic E-state index is 13.3. The van der Waals surface area contributed by atoms with Crippen LogP contribution in [0.25, 0.3) is 0 Å². The van der Waals surface area contributed by atoms with Gasteiger partial charge in [0.05, 0.1) is 22.9 Å². The molecular formula is C25H32F3N5O4S. The van der Waals surface area contributed by atoms with E-state index in [9.17, 15) is 31.2 Å². The van der Waals surface area contributed by atoms with Crippen LogP contribution in [0.3, 0.4) is 0 Å². The summed E-state index contributed by atoms with van der Waals surface area (Å²) in [6.45, 7) is 4.56. The summed E-state index contributed by atoms with van der Waals surface area (Å²) in [7, 11) is -0.360. The fourth-order valence-electron chi connectivity index (χ4n) is 4.62. The third-order valence-corrected chi connectivity index (χ3v) is 8.84. The number of unbranched alkanes of at least 4 members (excludes halogenated alkanes) is 3. The fourth-order valence-corrected chi connectivity index (χ4v) is 5.71. The first kappa shape index (κ1) is 29.8. The van der Waals surface area contributed by atoms with Crippen molar-refractivity contribution in [1.29, 1.82) is 5.26 Å². The zero-order valence-corrected chi connectivity index (χ0v) is 22.5. The number of piperazine rings is 1. The van der Waals surface area contributed by atoms with Gasteiger partial charge < -0.3 is 4.90 Å². The van der Waals surface area contributed by atoms with Crippen molar-refractivity contribution in [2.24, 2.45) is 0 Å². The summed E-state index contributed by atoms with van der Waals surface area (Å²) in [6, 6.07) is 4.30. The molecule has 0 unspecified atom stereocenters. The molecule has 2 aliphatic rings. The Morgan fingerprint density at radius 2 is 1.63 bits per heavy atom. The monoisotopic (exact) mass is 555 g/mol. The summed E-state index contributed by atoms with van der Waals surface area (Å²) >= 11 is 0. The van der Waals surface area contributed by atoms with Gasteiger partial charge in [0.15, 0.2) is 0 Å². The molecule has 0 radical (unpaired) electrons. The first-order valence-corrected chi connectivity index (χ1v) is 13.8. The maximum absolute atomic E-state index is 13.3. The Kier molecular flexibility index (Phi) is 9.35. The van der Waals surface area contributed by atoms with Gasteiger partial charge in [-0.2, -0.15) is 35.5 Å². The molecule has 9 nitrogen and oxygen atoms in total. The van der Waals surface area contributed by atoms with E-state index >= 15 is 0 Å². The average molecular weight is 556 g/mol. The van der Waals surface area contributed by atoms with Crippen LogP contribution in [-0.2, 0) is 26.0 Å². The van der Waals surface area contributed by atoms with Crippen LogP contribution < -0.4 is 4.90 Å². The van der Waals surface area contributed by atoms with Gasteiger partial charge in [-0.25, -0.2) is 4.90 Å². The maximum Gasteiger partial charge on any atom is 0.417 e. The van der Waals surface area contributed by atoms with Crippen LogP contribution in [0.15, 0.2) is 29.3 Å². The van der Waals surface area contributed by atoms with Gasteiger partial charge in [-0.3, -0.25) is 9.59 Å². The molecule has 1 aromatic carbocycles. The number of benzene rings is 1. The lowest BCUT2D eigenvalue weighted by Crippen LogP contribution is -2.51. The van der Waals surface area contributed by atoms with Crippen LogP contribution in [0.2, 0.25) is 0 Å². The van der Waals surface area contributed by atoms with Crippen LogP contribution in [0, 0.1) is 11.3 Å². The molecule has 2 aliphatic heterocycles. The second kappa shape index (κ2) is 11.9. The summed E-state index contributed by atoms with van der Waals surface area (Å²) in [5.41, 5.74) is -1.46. The van der Waals surface area contributed by atoms with E-state index in [1.54, 1.807) is 0 Å². The van der Waals surface area contributed by atoms with E-state index in [4.69, 9.17) is 5.26 Å². The van der Waals surface area contributed by atoms with Gasteiger partial charge in [-0.05, 0) is 50.9 Å². The number of rotatable bonds is 10. The molecule has 13 heteroatoms. The highest BCUT2D eigenvalue weighted by Crippen LogP contribution is 2.37. The molecule has 1 saturated heterocycles. The summed E-state index contributed by atoms with van der Waals surface area (Å²) in [5, 5.41) is 8.98. The highest BCUT2D eigenvalue weighted by molar-refractivity contribution is 7.86. The fraction of sp³-hybridized carbons (Fsp3) is 0.560. The van der Waals surface area contributed by atoms with Crippen LogP contribution in [0.5, 0.6) is 0 Å². The van der Waals surface area contributed by atoms with Gasteiger partial charge in [0, 0.05) is 51.4 Å². The highest BCUT2D eigenvalue weighted by atomic mass is 32.2. The van der Waals surface area contributed by atoms with Crippen molar-refractivity contribution in [3.05, 3.63) is 40.5 Å². The quantitative estimate of drug-likeness (QED) is 0.325. The molecule has 0 aliphatic carbocycles. The van der Waals surface area contributed by atoms with Crippen LogP contribution in [0.4, 0.5) is 18.9 Å². The lowest BCUT2D eigenvalue weighted by molar-refractivity contribution is -0.138. The molecule has 0 N–H and O–H groups in total. The molecule has 3 rings (SSSR count). The van der Waals surface area contributed by atoms with Crippen molar-refractivity contribution in [2.45, 2.75) is 45.2 Å². The predicted octanol–water partition coefficient (Wildman–Crippen LogP) is 3.14. The number of hydrogen-bond donors (Lipinski definition) is 0. The van der Waals surface area contributed by atoms with Crippen LogP contribution in [0.1, 0.15) is 50.2 Å². The van der Waals surface area contributed by atoms with E-state index in [0.717, 1.165) is 36.8 Å². The van der Waals surface area contributed by atoms with Crippen LogP contribution in [-0.4, -0.2) is 80.6 Å². The summed E-state index contributed by atoms with van der Waals surface area (Å²) in [6.07, 6.45) is -1.20. The number of nitriles is 1. The first-order valence-electron chi connectivity index (χ1n) is 12.4. The largest absolute Gasteiger partial charge is 0.417 e. The summed E-state index contributed by atoms with van der Waals surface area (Å²) < 4.78 is 67.2. The summed E-state index contributed by atoms with van der Waals surface area (Å²) in [5.74, 6) is -1.28. The van der Waals surface area contributed by atoms with E-state index in [0.29, 0.717) is 50.7 Å². The Bertz CT molecular complexity index is 1250. The van der Waals surface area contributed by atoms with Crippen molar-refractivity contribution in [3.8, 4) is 6.07 Å². The lowest BCUT2D eigenvalue weighted by Gasteiger charge is -2.35. The zero-order chi connectivity index (χ0) is 28.3. The van der Waals surface area contributed by atoms with Gasteiger partial charge in [0.2, 0.25) is 0 Å². The number of carbonyl (C=O) groups excluding carboxylic acids is 2. The van der Waals surface area contributed by atoms with Crippen molar-refractivity contribution in [3.63, 3.8) is 0 Å². The topological polar surface area (TPSA) is 105 Å². The molecule has 0 aromatic heterocycles. The lowest BCUT2D eigenvalue weighted by atomic mass is 10.0. The SMILES string of the molecule is CC1=C(CCCCCCN2CCN(S(=O)(=O)N(C)C)CC2)C(=O)N(c2ccc(C#N)c(C(F)(F)F)c2)C1=O. The standard InChI is InChI=1S/C25H32F3N5O4S/c1-18-21(8-6-4-5-7-11-31-12-14-32(15-13-31)38(36,37)30(2)3)24(35)33(23(18)34)20-10-9-19(17-29)22(16-20)25(26,27)28/h9-10,16H,4-8,11-15H2,1-3H3. The molecule has 2 amide bonds. The average Bonchev–Trinajstić information content (AvgIpc) is 3.08. The molecule has 38 heavy (non-hydrogen) atoms. The Balaban J connectivity index is 1.47. The highest BCUT2D eigenvalue weighted by Gasteiger charge is 2.39. The first-order chi connectivity index (χ1) is 17.8. The molecule has 0 atom stereocenters. The van der Waals surface area contributed by atoms with E-state index in [2.05, 4.69) is 4.90 Å². The number of halogens is 3. The Labute approximate surface area is 221 Å². The Morgan fingerprint density at radius 1 is 1.00 bits per heavy atom. The minimum atomic E-state index is -4.80. The van der Waals surface area contributed by atoms with Gasteiger partial charge in [0.1, 0.15) is 0 Å². The van der Waals surface area contributed by atoms with Crippen molar-refractivity contribution in [2.75, 3.05) is 51.7 Å². The Hall–Kier alpha value is -2.79. The van der Waals surface area contributed by atoms with Gasteiger partial charge in [-0.1, -0.05) is 12.8 Å². The van der Waals surface area contributed by atoms with Gasteiger partial charge >= 0.3 is 6.18 Å². The molecule has 1 aromatic rings. The third-order valence-electron chi connectivity index (χ3n) is 6.90. The number of anilines is 1. The molecule has 0 spiro atoms. The van der Waals surface area contributed by atoms with Crippen molar-refractivity contribution >= 4 is 27.7 Å². The number of hydrogen-bond acceptors (Lipinski definition) is 6. The van der Waals surface area contributed by atoms with Crippen molar-refractivity contribution in [1.82, 2.24) is 13.5 Å². The third kappa shape index (κ3) is 6.43. The molecular weight excluding hydrogens is 523 g/mol. The number of carbonyl (C=O) groups is 2. The van der Waals surface area contributed by atoms with Gasteiger partial charge in [-0.15, -0.1) is 0 Å². The number of amides is 2. The smallest absolute Gasteiger partial charge is 0.301 e. The second-order valence-corrected chi connectivity index (χ2v) is 11.7. The molecule has 0 saturated carbocycles. The van der Waals surface area contributed by atoms with E-state index in [-0.39, 0.29) is 11.3 Å². The number of alkyl halides is 3. The normalized spacial score (nSPS) is 18.1. The molecule has 2 heterocycles.